The fourth-order valence-corrected chi connectivity index (χ4v) is 2.79. The lowest BCUT2D eigenvalue weighted by molar-refractivity contribution is -0.137. The largest absolute Gasteiger partial charge is 0.496 e. The maximum absolute atomic E-state index is 12.8. The Morgan fingerprint density at radius 1 is 1.36 bits per heavy atom. The second kappa shape index (κ2) is 7.15. The molecule has 1 fully saturated rings. The molecular weight excluding hydrogens is 293 g/mol. The van der Waals surface area contributed by atoms with Gasteiger partial charge in [0.25, 0.3) is 0 Å². The summed E-state index contributed by atoms with van der Waals surface area (Å²) in [4.78, 5) is 2.25. The fourth-order valence-electron chi connectivity index (χ4n) is 2.79. The highest BCUT2D eigenvalue weighted by atomic mass is 19.4. The monoisotopic (exact) mass is 314 g/mol. The van der Waals surface area contributed by atoms with Crippen molar-refractivity contribution in [3.05, 3.63) is 42.0 Å². The van der Waals surface area contributed by atoms with Gasteiger partial charge in [0, 0.05) is 37.8 Å². The molecular formula is C16H21F3N2O. The second-order valence-corrected chi connectivity index (χ2v) is 5.28. The number of hydrogen-bond donors (Lipinski definition) is 1. The third-order valence-corrected chi connectivity index (χ3v) is 3.90. The number of nitrogens with zero attached hydrogens (tertiary/aromatic N) is 1. The van der Waals surface area contributed by atoms with E-state index in [1.807, 2.05) is 0 Å². The Hall–Kier alpha value is -1.53. The SMILES string of the molecule is C=CC[C@H](c1ccc(C(F)(F)F)cc1OC)N1CCNCC1. The van der Waals surface area contributed by atoms with Crippen molar-refractivity contribution in [3.8, 4) is 5.75 Å². The minimum Gasteiger partial charge on any atom is -0.496 e. The zero-order chi connectivity index (χ0) is 16.2. The van der Waals surface area contributed by atoms with E-state index in [1.54, 1.807) is 6.08 Å². The molecule has 122 valence electrons. The van der Waals surface area contributed by atoms with Crippen LogP contribution in [-0.2, 0) is 6.18 Å². The van der Waals surface area contributed by atoms with Crippen LogP contribution in [0.5, 0.6) is 5.75 Å². The summed E-state index contributed by atoms with van der Waals surface area (Å²) in [5, 5.41) is 3.27. The van der Waals surface area contributed by atoms with Gasteiger partial charge in [0.15, 0.2) is 0 Å². The number of rotatable bonds is 5. The van der Waals surface area contributed by atoms with Crippen LogP contribution in [0.3, 0.4) is 0 Å². The van der Waals surface area contributed by atoms with Crippen LogP contribution in [0.4, 0.5) is 13.2 Å². The van der Waals surface area contributed by atoms with Gasteiger partial charge in [-0.3, -0.25) is 4.90 Å². The van der Waals surface area contributed by atoms with Crippen LogP contribution in [0.2, 0.25) is 0 Å². The molecule has 1 aromatic rings. The van der Waals surface area contributed by atoms with Crippen molar-refractivity contribution in [1.82, 2.24) is 10.2 Å². The van der Waals surface area contributed by atoms with Gasteiger partial charge in [0.05, 0.1) is 12.7 Å². The predicted octanol–water partition coefficient (Wildman–Crippen LogP) is 3.24. The highest BCUT2D eigenvalue weighted by molar-refractivity contribution is 5.41. The number of hydrogen-bond acceptors (Lipinski definition) is 3. The number of benzene rings is 1. The summed E-state index contributed by atoms with van der Waals surface area (Å²) in [5.74, 6) is 0.278. The first-order valence-electron chi connectivity index (χ1n) is 7.28. The van der Waals surface area contributed by atoms with E-state index in [9.17, 15) is 13.2 Å². The van der Waals surface area contributed by atoms with Crippen molar-refractivity contribution < 1.29 is 17.9 Å². The van der Waals surface area contributed by atoms with E-state index in [0.717, 1.165) is 43.9 Å². The third kappa shape index (κ3) is 3.81. The first-order chi connectivity index (χ1) is 10.5. The summed E-state index contributed by atoms with van der Waals surface area (Å²) in [6.45, 7) is 7.21. The lowest BCUT2D eigenvalue weighted by Crippen LogP contribution is -2.45. The van der Waals surface area contributed by atoms with E-state index in [4.69, 9.17) is 4.74 Å². The van der Waals surface area contributed by atoms with Crippen molar-refractivity contribution in [3.63, 3.8) is 0 Å². The normalized spacial score (nSPS) is 18.0. The Morgan fingerprint density at radius 2 is 2.05 bits per heavy atom. The lowest BCUT2D eigenvalue weighted by Gasteiger charge is -2.35. The van der Waals surface area contributed by atoms with Gasteiger partial charge in [-0.15, -0.1) is 6.58 Å². The number of ether oxygens (including phenoxy) is 1. The average Bonchev–Trinajstić information content (AvgIpc) is 2.52. The average molecular weight is 314 g/mol. The maximum Gasteiger partial charge on any atom is 0.416 e. The van der Waals surface area contributed by atoms with Crippen molar-refractivity contribution in [2.45, 2.75) is 18.6 Å². The van der Waals surface area contributed by atoms with Crippen molar-refractivity contribution in [1.29, 1.82) is 0 Å². The van der Waals surface area contributed by atoms with Gasteiger partial charge in [-0.2, -0.15) is 13.2 Å². The summed E-state index contributed by atoms with van der Waals surface area (Å²) in [5.41, 5.74) is 0.0862. The molecule has 6 heteroatoms. The Balaban J connectivity index is 2.35. The molecule has 0 aliphatic carbocycles. The van der Waals surface area contributed by atoms with Crippen LogP contribution in [0.1, 0.15) is 23.6 Å². The van der Waals surface area contributed by atoms with E-state index in [0.29, 0.717) is 6.42 Å². The van der Waals surface area contributed by atoms with E-state index < -0.39 is 11.7 Å². The van der Waals surface area contributed by atoms with Gasteiger partial charge in [-0.05, 0) is 18.6 Å². The Labute approximate surface area is 128 Å². The van der Waals surface area contributed by atoms with E-state index in [1.165, 1.54) is 13.2 Å². The van der Waals surface area contributed by atoms with Crippen molar-refractivity contribution in [2.75, 3.05) is 33.3 Å². The van der Waals surface area contributed by atoms with Crippen molar-refractivity contribution >= 4 is 0 Å². The first kappa shape index (κ1) is 16.8. The van der Waals surface area contributed by atoms with Gasteiger partial charge in [-0.25, -0.2) is 0 Å². The molecule has 0 amide bonds. The summed E-state index contributed by atoms with van der Waals surface area (Å²) >= 11 is 0. The minimum atomic E-state index is -4.37. The Morgan fingerprint density at radius 3 is 2.59 bits per heavy atom. The second-order valence-electron chi connectivity index (χ2n) is 5.28. The zero-order valence-electron chi connectivity index (χ0n) is 12.6. The molecule has 0 bridgehead atoms. The summed E-state index contributed by atoms with van der Waals surface area (Å²) in [6.07, 6.45) is -1.90. The minimum absolute atomic E-state index is 0.0168. The molecule has 0 saturated carbocycles. The number of nitrogens with one attached hydrogen (secondary N) is 1. The van der Waals surface area contributed by atoms with Gasteiger partial charge in [0.1, 0.15) is 5.75 Å². The highest BCUT2D eigenvalue weighted by Crippen LogP contribution is 2.37. The fraction of sp³-hybridized carbons (Fsp3) is 0.500. The number of methoxy groups -OCH3 is 1. The number of halogens is 3. The molecule has 22 heavy (non-hydrogen) atoms. The predicted molar refractivity (Wildman–Crippen MR) is 80.0 cm³/mol. The van der Waals surface area contributed by atoms with Crippen molar-refractivity contribution in [2.24, 2.45) is 0 Å². The van der Waals surface area contributed by atoms with Crippen LogP contribution >= 0.6 is 0 Å². The van der Waals surface area contributed by atoms with Gasteiger partial charge in [0.2, 0.25) is 0 Å². The van der Waals surface area contributed by atoms with Crippen LogP contribution in [0.15, 0.2) is 30.9 Å². The topological polar surface area (TPSA) is 24.5 Å². The molecule has 0 spiro atoms. The number of piperazine rings is 1. The summed E-state index contributed by atoms with van der Waals surface area (Å²) in [6, 6.07) is 3.71. The van der Waals surface area contributed by atoms with Crippen LogP contribution in [-0.4, -0.2) is 38.2 Å². The smallest absolute Gasteiger partial charge is 0.416 e. The molecule has 0 unspecified atom stereocenters. The molecule has 0 aromatic heterocycles. The zero-order valence-corrected chi connectivity index (χ0v) is 12.6. The number of alkyl halides is 3. The summed E-state index contributed by atoms with van der Waals surface area (Å²) in [7, 11) is 1.40. The molecule has 1 N–H and O–H groups in total. The standard InChI is InChI=1S/C16H21F3N2O/c1-3-4-14(21-9-7-20-8-10-21)13-6-5-12(16(17,18)19)11-15(13)22-2/h3,5-6,11,14,20H,1,4,7-10H2,2H3/t14-/m1/s1. The molecule has 1 aliphatic heterocycles. The van der Waals surface area contributed by atoms with Crippen LogP contribution in [0, 0.1) is 0 Å². The maximum atomic E-state index is 12.8. The van der Waals surface area contributed by atoms with E-state index >= 15 is 0 Å². The highest BCUT2D eigenvalue weighted by Gasteiger charge is 2.32. The molecule has 1 aliphatic rings. The molecule has 1 heterocycles. The first-order valence-corrected chi connectivity index (χ1v) is 7.28. The van der Waals surface area contributed by atoms with Gasteiger partial charge in [-0.1, -0.05) is 12.1 Å². The van der Waals surface area contributed by atoms with Gasteiger partial charge >= 0.3 is 6.18 Å². The van der Waals surface area contributed by atoms with Crippen LogP contribution in [0.25, 0.3) is 0 Å². The Bertz CT molecular complexity index is 511. The molecule has 1 saturated heterocycles. The van der Waals surface area contributed by atoms with E-state index in [2.05, 4.69) is 16.8 Å². The van der Waals surface area contributed by atoms with Crippen LogP contribution < -0.4 is 10.1 Å². The lowest BCUT2D eigenvalue weighted by atomic mass is 9.98. The molecule has 3 nitrogen and oxygen atoms in total. The van der Waals surface area contributed by atoms with Gasteiger partial charge < -0.3 is 10.1 Å². The summed E-state index contributed by atoms with van der Waals surface area (Å²) < 4.78 is 43.8. The third-order valence-electron chi connectivity index (χ3n) is 3.90. The van der Waals surface area contributed by atoms with E-state index in [-0.39, 0.29) is 11.8 Å². The molecule has 0 radical (unpaired) electrons. The molecule has 1 atom stereocenters. The quantitative estimate of drug-likeness (QED) is 0.845. The molecule has 2 rings (SSSR count). The Kier molecular flexibility index (Phi) is 5.47. The molecule has 1 aromatic carbocycles.